The summed E-state index contributed by atoms with van der Waals surface area (Å²) in [7, 11) is 0. The summed E-state index contributed by atoms with van der Waals surface area (Å²) in [5, 5.41) is 7.87. The molecule has 0 heterocycles. The summed E-state index contributed by atoms with van der Waals surface area (Å²) < 4.78 is 0. The second-order valence-corrected chi connectivity index (χ2v) is 5.90. The smallest absolute Gasteiger partial charge is 0.189 e. The number of thiocarbonyl (C=S) groups is 2. The molecule has 0 saturated heterocycles. The summed E-state index contributed by atoms with van der Waals surface area (Å²) >= 11 is 16.2. The molecule has 0 saturated carbocycles. The molecule has 0 spiro atoms. The minimum Gasteiger partial charge on any atom is -0.355 e. The monoisotopic (exact) mass is 340 g/mol. The fourth-order valence-electron chi connectivity index (χ4n) is 1.95. The highest BCUT2D eigenvalue weighted by atomic mass is 35.5. The Kier molecular flexibility index (Phi) is 6.22. The summed E-state index contributed by atoms with van der Waals surface area (Å²) in [4.78, 5) is 0. The van der Waals surface area contributed by atoms with E-state index >= 15 is 0 Å². The molecule has 0 fully saturated rings. The molecule has 0 radical (unpaired) electrons. The lowest BCUT2D eigenvalue weighted by molar-refractivity contribution is 0.593. The molecule has 0 aliphatic heterocycles. The van der Waals surface area contributed by atoms with Crippen LogP contribution in [0, 0.1) is 0 Å². The minimum absolute atomic E-state index is 0.290. The van der Waals surface area contributed by atoms with Gasteiger partial charge in [0.15, 0.2) is 10.2 Å². The second-order valence-electron chi connectivity index (χ2n) is 4.65. The van der Waals surface area contributed by atoms with E-state index < -0.39 is 0 Å². The van der Waals surface area contributed by atoms with Gasteiger partial charge in [0.2, 0.25) is 0 Å². The van der Waals surface area contributed by atoms with Crippen LogP contribution in [0.4, 0.5) is 5.69 Å². The molecule has 1 unspecified atom stereocenters. The quantitative estimate of drug-likeness (QED) is 0.377. The van der Waals surface area contributed by atoms with Gasteiger partial charge in [-0.05, 0) is 68.0 Å². The summed E-state index contributed by atoms with van der Waals surface area (Å²) in [6.07, 6.45) is 7.73. The van der Waals surface area contributed by atoms with E-state index in [0.717, 1.165) is 18.5 Å². The van der Waals surface area contributed by atoms with Crippen LogP contribution in [-0.4, -0.2) is 16.3 Å². The molecule has 0 amide bonds. The van der Waals surface area contributed by atoms with Crippen LogP contribution in [0.3, 0.4) is 0 Å². The fraction of sp³-hybridized carbons (Fsp3) is 0.286. The highest BCUT2D eigenvalue weighted by Gasteiger charge is 2.09. The van der Waals surface area contributed by atoms with Crippen molar-refractivity contribution >= 4 is 51.9 Å². The van der Waals surface area contributed by atoms with E-state index in [0.29, 0.717) is 21.3 Å². The lowest BCUT2D eigenvalue weighted by Gasteiger charge is -2.21. The van der Waals surface area contributed by atoms with E-state index in [4.69, 9.17) is 36.0 Å². The normalized spacial score (nSPS) is 16.9. The molecule has 1 aromatic rings. The third-order valence-electron chi connectivity index (χ3n) is 2.96. The predicted octanol–water partition coefficient (Wildman–Crippen LogP) is 3.11. The van der Waals surface area contributed by atoms with Crippen LogP contribution < -0.4 is 21.5 Å². The maximum Gasteiger partial charge on any atom is 0.189 e. The van der Waals surface area contributed by atoms with E-state index in [1.54, 1.807) is 12.1 Å². The number of hydrogen-bond acceptors (Lipinski definition) is 2. The van der Waals surface area contributed by atoms with Gasteiger partial charge in [0.25, 0.3) is 0 Å². The van der Waals surface area contributed by atoms with Crippen molar-refractivity contribution in [2.45, 2.75) is 25.3 Å². The molecule has 0 aromatic heterocycles. The first kappa shape index (κ1) is 16.0. The van der Waals surface area contributed by atoms with Crippen molar-refractivity contribution in [3.63, 3.8) is 0 Å². The van der Waals surface area contributed by atoms with Crippen LogP contribution in [0.5, 0.6) is 0 Å². The third kappa shape index (κ3) is 5.87. The zero-order chi connectivity index (χ0) is 15.1. The number of halogens is 1. The second kappa shape index (κ2) is 8.17. The molecule has 112 valence electrons. The predicted molar refractivity (Wildman–Crippen MR) is 96.5 cm³/mol. The molecular formula is C14H17ClN4S2. The number of nitrogens with one attached hydrogen (secondary N) is 4. The molecular weight excluding hydrogens is 324 g/mol. The number of rotatable bonds is 2. The largest absolute Gasteiger partial charge is 0.355 e. The summed E-state index contributed by atoms with van der Waals surface area (Å²) in [6.45, 7) is 0. The van der Waals surface area contributed by atoms with Crippen molar-refractivity contribution < 1.29 is 0 Å². The first-order valence-corrected chi connectivity index (χ1v) is 7.88. The Morgan fingerprint density at radius 3 is 2.48 bits per heavy atom. The number of benzene rings is 1. The molecule has 7 heteroatoms. The van der Waals surface area contributed by atoms with Gasteiger partial charge in [0.05, 0.1) is 0 Å². The van der Waals surface area contributed by atoms with E-state index in [1.165, 1.54) is 6.42 Å². The molecule has 1 aliphatic carbocycles. The molecule has 0 bridgehead atoms. The first-order chi connectivity index (χ1) is 10.1. The van der Waals surface area contributed by atoms with E-state index in [9.17, 15) is 0 Å². The van der Waals surface area contributed by atoms with Gasteiger partial charge in [-0.15, -0.1) is 0 Å². The van der Waals surface area contributed by atoms with Crippen LogP contribution >= 0.6 is 36.0 Å². The maximum atomic E-state index is 5.82. The molecule has 1 aliphatic rings. The molecule has 1 aromatic carbocycles. The third-order valence-corrected chi connectivity index (χ3v) is 3.64. The Bertz CT molecular complexity index is 530. The standard InChI is InChI=1S/C14H17ClN4S2/c15-10-6-8-12(9-7-10)17-14(21)19-18-13(20)16-11-4-2-1-3-5-11/h2,4,6-9,11H,1,3,5H2,(H2,16,18,20)(H2,17,19,21). The zero-order valence-corrected chi connectivity index (χ0v) is 13.7. The fourth-order valence-corrected chi connectivity index (χ4v) is 2.44. The van der Waals surface area contributed by atoms with Crippen molar-refractivity contribution in [3.8, 4) is 0 Å². The molecule has 4 N–H and O–H groups in total. The molecule has 1 atom stereocenters. The van der Waals surface area contributed by atoms with Gasteiger partial charge in [0, 0.05) is 16.8 Å². The van der Waals surface area contributed by atoms with Gasteiger partial charge in [-0.25, -0.2) is 0 Å². The Labute approximate surface area is 140 Å². The van der Waals surface area contributed by atoms with Crippen LogP contribution in [-0.2, 0) is 0 Å². The highest BCUT2D eigenvalue weighted by molar-refractivity contribution is 7.80. The van der Waals surface area contributed by atoms with Crippen molar-refractivity contribution in [3.05, 3.63) is 41.4 Å². The van der Waals surface area contributed by atoms with Gasteiger partial charge in [-0.2, -0.15) is 0 Å². The van der Waals surface area contributed by atoms with Crippen molar-refractivity contribution in [2.24, 2.45) is 0 Å². The maximum absolute atomic E-state index is 5.82. The van der Waals surface area contributed by atoms with E-state index in [2.05, 4.69) is 33.6 Å². The van der Waals surface area contributed by atoms with Crippen LogP contribution in [0.2, 0.25) is 5.02 Å². The van der Waals surface area contributed by atoms with Gasteiger partial charge >= 0.3 is 0 Å². The van der Waals surface area contributed by atoms with Gasteiger partial charge in [-0.3, -0.25) is 10.9 Å². The lowest BCUT2D eigenvalue weighted by Crippen LogP contribution is -2.50. The van der Waals surface area contributed by atoms with Crippen molar-refractivity contribution in [1.29, 1.82) is 0 Å². The highest BCUT2D eigenvalue weighted by Crippen LogP contribution is 2.13. The molecule has 2 rings (SSSR count). The number of allylic oxidation sites excluding steroid dienone is 1. The SMILES string of the molecule is S=C(NNC(=S)NC1C=CCCC1)Nc1ccc(Cl)cc1. The number of anilines is 1. The van der Waals surface area contributed by atoms with Crippen molar-refractivity contribution in [1.82, 2.24) is 16.2 Å². The lowest BCUT2D eigenvalue weighted by atomic mass is 10.0. The summed E-state index contributed by atoms with van der Waals surface area (Å²) in [5.41, 5.74) is 6.57. The van der Waals surface area contributed by atoms with Crippen LogP contribution in [0.1, 0.15) is 19.3 Å². The Hall–Kier alpha value is -1.37. The Balaban J connectivity index is 1.70. The van der Waals surface area contributed by atoms with Gasteiger partial charge in [0.1, 0.15) is 0 Å². The minimum atomic E-state index is 0.290. The van der Waals surface area contributed by atoms with Gasteiger partial charge in [-0.1, -0.05) is 23.8 Å². The Morgan fingerprint density at radius 1 is 1.10 bits per heavy atom. The average Bonchev–Trinajstić information content (AvgIpc) is 2.49. The number of hydrogen-bond donors (Lipinski definition) is 4. The molecule has 4 nitrogen and oxygen atoms in total. The topological polar surface area (TPSA) is 48.1 Å². The summed E-state index contributed by atoms with van der Waals surface area (Å²) in [6, 6.07) is 7.57. The van der Waals surface area contributed by atoms with Crippen molar-refractivity contribution in [2.75, 3.05) is 5.32 Å². The van der Waals surface area contributed by atoms with Gasteiger partial charge < -0.3 is 10.6 Å². The van der Waals surface area contributed by atoms with E-state index in [1.807, 2.05) is 12.1 Å². The van der Waals surface area contributed by atoms with E-state index in [-0.39, 0.29) is 0 Å². The zero-order valence-electron chi connectivity index (χ0n) is 11.4. The van der Waals surface area contributed by atoms with Crippen LogP contribution in [0.25, 0.3) is 0 Å². The average molecular weight is 341 g/mol. The Morgan fingerprint density at radius 2 is 1.81 bits per heavy atom. The van der Waals surface area contributed by atoms with Crippen LogP contribution in [0.15, 0.2) is 36.4 Å². The molecule has 21 heavy (non-hydrogen) atoms. The first-order valence-electron chi connectivity index (χ1n) is 6.69. The number of hydrazine groups is 1. The summed E-state index contributed by atoms with van der Waals surface area (Å²) in [5.74, 6) is 0.